The van der Waals surface area contributed by atoms with Crippen LogP contribution in [0.25, 0.3) is 0 Å². The topological polar surface area (TPSA) is 20.2 Å². The molecule has 0 radical (unpaired) electrons. The van der Waals surface area contributed by atoms with Crippen molar-refractivity contribution in [1.29, 1.82) is 0 Å². The average Bonchev–Trinajstić information content (AvgIpc) is 1.99. The summed E-state index contributed by atoms with van der Waals surface area (Å²) in [6.07, 6.45) is 1.05. The summed E-state index contributed by atoms with van der Waals surface area (Å²) in [5, 5.41) is 9.84. The van der Waals surface area contributed by atoms with E-state index in [0.29, 0.717) is 5.75 Å². The van der Waals surface area contributed by atoms with Gasteiger partial charge in [0, 0.05) is 0 Å². The quantitative estimate of drug-likeness (QED) is 0.758. The second-order valence-corrected chi connectivity index (χ2v) is 6.14. The average molecular weight is 230 g/mol. The summed E-state index contributed by atoms with van der Waals surface area (Å²) in [6.45, 7) is 11.1. The zero-order valence-corrected chi connectivity index (χ0v) is 13.5. The largest absolute Gasteiger partial charge is 1.00 e. The Morgan fingerprint density at radius 1 is 1.06 bits per heavy atom. The van der Waals surface area contributed by atoms with Crippen molar-refractivity contribution in [3.8, 4) is 5.75 Å². The molecule has 0 aliphatic rings. The van der Waals surface area contributed by atoms with Gasteiger partial charge < -0.3 is 6.53 Å². The Morgan fingerprint density at radius 3 is 2.00 bits per heavy atom. The van der Waals surface area contributed by atoms with Gasteiger partial charge in [0.25, 0.3) is 0 Å². The molecule has 0 aliphatic carbocycles. The van der Waals surface area contributed by atoms with Crippen LogP contribution in [0.1, 0.15) is 48.0 Å². The Labute approximate surface area is 123 Å². The minimum absolute atomic E-state index is 0. The summed E-state index contributed by atoms with van der Waals surface area (Å²) >= 11 is 0. The fourth-order valence-electron chi connectivity index (χ4n) is 2.47. The Balaban J connectivity index is 0. The minimum atomic E-state index is 0. The summed E-state index contributed by atoms with van der Waals surface area (Å²) in [5.74, 6) is 0.409. The molecule has 0 aliphatic heterocycles. The van der Waals surface area contributed by atoms with Crippen molar-refractivity contribution in [3.63, 3.8) is 0 Å². The second-order valence-electron chi connectivity index (χ2n) is 6.14. The third-order valence-electron chi connectivity index (χ3n) is 2.61. The van der Waals surface area contributed by atoms with Crippen LogP contribution >= 0.6 is 0 Å². The fourth-order valence-corrected chi connectivity index (χ4v) is 2.47. The number of aromatic hydroxyl groups is 1. The van der Waals surface area contributed by atoms with Crippen molar-refractivity contribution in [3.05, 3.63) is 29.8 Å². The fraction of sp³-hybridized carbons (Fsp3) is 0.571. The molecule has 0 spiro atoms. The van der Waals surface area contributed by atoms with Gasteiger partial charge in [0.2, 0.25) is 0 Å². The van der Waals surface area contributed by atoms with Crippen LogP contribution in [0.15, 0.2) is 24.3 Å². The molecule has 1 rings (SSSR count). The summed E-state index contributed by atoms with van der Waals surface area (Å²) < 4.78 is 0. The first kappa shape index (κ1) is 16.0. The zero-order chi connectivity index (χ0) is 11.7. The molecule has 16 heavy (non-hydrogen) atoms. The van der Waals surface area contributed by atoms with Crippen LogP contribution in [-0.2, 0) is 5.41 Å². The molecular formula is C14H23NaO. The van der Waals surface area contributed by atoms with E-state index in [9.17, 15) is 5.11 Å². The molecule has 0 unspecified atom stereocenters. The van der Waals surface area contributed by atoms with Crippen molar-refractivity contribution < 1.29 is 36.1 Å². The Kier molecular flexibility index (Phi) is 5.58. The Bertz CT molecular complexity index is 342. The molecule has 0 saturated heterocycles. The number of hydrogen-bond donors (Lipinski definition) is 1. The number of phenolic OH excluding ortho intramolecular Hbond substituents is 1. The van der Waals surface area contributed by atoms with Gasteiger partial charge in [0.15, 0.2) is 0 Å². The van der Waals surface area contributed by atoms with Crippen LogP contribution in [0.3, 0.4) is 0 Å². The minimum Gasteiger partial charge on any atom is -1.00 e. The smallest absolute Gasteiger partial charge is 1.00 e. The van der Waals surface area contributed by atoms with Gasteiger partial charge >= 0.3 is 29.6 Å². The molecule has 1 nitrogen and oxygen atoms in total. The molecule has 1 N–H and O–H groups in total. The molecule has 0 atom stereocenters. The second kappa shape index (κ2) is 5.57. The van der Waals surface area contributed by atoms with Gasteiger partial charge in [-0.1, -0.05) is 52.8 Å². The van der Waals surface area contributed by atoms with Crippen molar-refractivity contribution in [2.24, 2.45) is 5.41 Å². The van der Waals surface area contributed by atoms with Crippen LogP contribution < -0.4 is 29.6 Å². The molecule has 2 heteroatoms. The molecule has 0 saturated carbocycles. The predicted octanol–water partition coefficient (Wildman–Crippen LogP) is 1.22. The summed E-state index contributed by atoms with van der Waals surface area (Å²) in [6, 6.07) is 7.63. The number of para-hydroxylation sites is 1. The molecular weight excluding hydrogens is 207 g/mol. The van der Waals surface area contributed by atoms with Crippen molar-refractivity contribution in [2.45, 2.75) is 46.5 Å². The van der Waals surface area contributed by atoms with E-state index in [4.69, 9.17) is 0 Å². The Morgan fingerprint density at radius 2 is 1.56 bits per heavy atom. The van der Waals surface area contributed by atoms with Gasteiger partial charge in [-0.25, -0.2) is 0 Å². The zero-order valence-electron chi connectivity index (χ0n) is 12.5. The maximum absolute atomic E-state index is 9.84. The standard InChI is InChI=1S/C14H22O.Na.H/c1-13(2,3)10-14(4,5)11-8-6-7-9-12(11)15;;/h6-9,15H,10H2,1-5H3;;/q;+1;-1. The van der Waals surface area contributed by atoms with Gasteiger partial charge in [0.05, 0.1) is 0 Å². The monoisotopic (exact) mass is 230 g/mol. The first-order valence-corrected chi connectivity index (χ1v) is 5.51. The van der Waals surface area contributed by atoms with Crippen LogP contribution in [0, 0.1) is 5.41 Å². The van der Waals surface area contributed by atoms with E-state index in [1.807, 2.05) is 18.2 Å². The maximum Gasteiger partial charge on any atom is 1.00 e. The van der Waals surface area contributed by atoms with Gasteiger partial charge in [-0.3, -0.25) is 0 Å². The third kappa shape index (κ3) is 4.48. The van der Waals surface area contributed by atoms with Crippen LogP contribution in [0.4, 0.5) is 0 Å². The maximum atomic E-state index is 9.84. The normalized spacial score (nSPS) is 12.1. The van der Waals surface area contributed by atoms with E-state index >= 15 is 0 Å². The first-order valence-electron chi connectivity index (χ1n) is 5.51. The summed E-state index contributed by atoms with van der Waals surface area (Å²) in [5.41, 5.74) is 1.33. The van der Waals surface area contributed by atoms with E-state index < -0.39 is 0 Å². The van der Waals surface area contributed by atoms with Gasteiger partial charge in [-0.05, 0) is 28.9 Å². The Hall–Kier alpha value is 0.0200. The van der Waals surface area contributed by atoms with Crippen LogP contribution in [0.2, 0.25) is 0 Å². The predicted molar refractivity (Wildman–Crippen MR) is 66.3 cm³/mol. The number of hydrogen-bond acceptors (Lipinski definition) is 1. The molecule has 0 heterocycles. The molecule has 0 amide bonds. The van der Waals surface area contributed by atoms with Crippen molar-refractivity contribution >= 4 is 0 Å². The van der Waals surface area contributed by atoms with E-state index in [1.54, 1.807) is 6.07 Å². The van der Waals surface area contributed by atoms with E-state index in [0.717, 1.165) is 12.0 Å². The van der Waals surface area contributed by atoms with E-state index in [1.165, 1.54) is 0 Å². The molecule has 0 fully saturated rings. The molecule has 1 aromatic carbocycles. The summed E-state index contributed by atoms with van der Waals surface area (Å²) in [4.78, 5) is 0. The molecule has 0 aromatic heterocycles. The molecule has 86 valence electrons. The van der Waals surface area contributed by atoms with Crippen LogP contribution in [-0.4, -0.2) is 5.11 Å². The van der Waals surface area contributed by atoms with Gasteiger partial charge in [-0.2, -0.15) is 0 Å². The van der Waals surface area contributed by atoms with Crippen molar-refractivity contribution in [1.82, 2.24) is 0 Å². The molecule has 0 bridgehead atoms. The van der Waals surface area contributed by atoms with Gasteiger partial charge in [0.1, 0.15) is 5.75 Å². The first-order chi connectivity index (χ1) is 6.72. The SMILES string of the molecule is CC(C)(C)CC(C)(C)c1ccccc1O.[H-].[Na+]. The number of benzene rings is 1. The third-order valence-corrected chi connectivity index (χ3v) is 2.61. The molecule has 1 aromatic rings. The van der Waals surface area contributed by atoms with E-state index in [-0.39, 0.29) is 41.8 Å². The van der Waals surface area contributed by atoms with Crippen molar-refractivity contribution in [2.75, 3.05) is 0 Å². The number of phenols is 1. The number of rotatable bonds is 2. The van der Waals surface area contributed by atoms with Gasteiger partial charge in [-0.15, -0.1) is 0 Å². The van der Waals surface area contributed by atoms with Crippen LogP contribution in [0.5, 0.6) is 5.75 Å². The van der Waals surface area contributed by atoms with E-state index in [2.05, 4.69) is 34.6 Å². The summed E-state index contributed by atoms with van der Waals surface area (Å²) in [7, 11) is 0.